The monoisotopic (exact) mass is 672 g/mol. The smallest absolute Gasteiger partial charge is 0.303 e. The van der Waals surface area contributed by atoms with Crippen LogP contribution in [0.2, 0.25) is 5.02 Å². The number of rotatable bonds is 8. The number of carboxylic acids is 1. The molecular weight excluding hydrogens is 639 g/mol. The van der Waals surface area contributed by atoms with Crippen molar-refractivity contribution in [2.45, 2.75) is 51.4 Å². The molecule has 248 valence electrons. The van der Waals surface area contributed by atoms with Crippen LogP contribution in [0.4, 0.5) is 10.1 Å². The van der Waals surface area contributed by atoms with Crippen LogP contribution in [-0.2, 0) is 24.0 Å². The first kappa shape index (κ1) is 32.0. The number of unbranched alkanes of at least 4 members (excludes halogenated alkanes) is 2. The summed E-state index contributed by atoms with van der Waals surface area (Å²) in [6.07, 6.45) is 3.80. The Labute approximate surface area is 281 Å². The number of nitrogens with zero attached hydrogens (tertiary/aromatic N) is 2. The Hall–Kier alpha value is -4.57. The number of phenols is 1. The highest BCUT2D eigenvalue weighted by Crippen LogP contribution is 2.65. The lowest BCUT2D eigenvalue weighted by molar-refractivity contribution is -0.141. The van der Waals surface area contributed by atoms with E-state index in [1.807, 2.05) is 30.3 Å². The molecule has 0 bridgehead atoms. The Morgan fingerprint density at radius 1 is 0.979 bits per heavy atom. The molecule has 2 saturated heterocycles. The fraction of sp³-hybridized carbons (Fsp3) is 0.378. The van der Waals surface area contributed by atoms with Crippen molar-refractivity contribution in [2.24, 2.45) is 29.1 Å². The van der Waals surface area contributed by atoms with Crippen molar-refractivity contribution in [3.8, 4) is 5.75 Å². The maximum Gasteiger partial charge on any atom is 0.303 e. The van der Waals surface area contributed by atoms with Crippen LogP contribution in [0, 0.1) is 34.9 Å². The molecule has 3 aromatic carbocycles. The van der Waals surface area contributed by atoms with Crippen LogP contribution in [0.25, 0.3) is 10.8 Å². The molecule has 6 unspecified atom stereocenters. The number of anilines is 1. The van der Waals surface area contributed by atoms with Gasteiger partial charge in [0.15, 0.2) is 0 Å². The largest absolute Gasteiger partial charge is 0.508 e. The molecule has 0 radical (unpaired) electrons. The number of aromatic hydroxyl groups is 1. The molecule has 1 saturated carbocycles. The van der Waals surface area contributed by atoms with Gasteiger partial charge in [0.25, 0.3) is 0 Å². The van der Waals surface area contributed by atoms with E-state index in [9.17, 15) is 33.5 Å². The van der Waals surface area contributed by atoms with E-state index in [1.54, 1.807) is 19.1 Å². The number of carbonyl (C=O) groups excluding carboxylic acids is 4. The summed E-state index contributed by atoms with van der Waals surface area (Å²) in [5.41, 5.74) is -0.0538. The van der Waals surface area contributed by atoms with E-state index in [2.05, 4.69) is 0 Å². The van der Waals surface area contributed by atoms with Gasteiger partial charge in [0.05, 0.1) is 33.9 Å². The Balaban J connectivity index is 1.33. The topological polar surface area (TPSA) is 132 Å². The third-order valence-electron chi connectivity index (χ3n) is 11.0. The summed E-state index contributed by atoms with van der Waals surface area (Å²) in [5.74, 6) is -6.98. The second kappa shape index (κ2) is 11.8. The molecule has 2 aliphatic carbocycles. The lowest BCUT2D eigenvalue weighted by Crippen LogP contribution is -2.49. The summed E-state index contributed by atoms with van der Waals surface area (Å²) in [5, 5.41) is 21.8. The van der Waals surface area contributed by atoms with E-state index in [4.69, 9.17) is 16.7 Å². The highest BCUT2D eigenvalue weighted by molar-refractivity contribution is 6.31. The minimum Gasteiger partial charge on any atom is -0.508 e. The van der Waals surface area contributed by atoms with Gasteiger partial charge in [0.2, 0.25) is 23.6 Å². The quantitative estimate of drug-likeness (QED) is 0.165. The maximum absolute atomic E-state index is 14.7. The number of benzene rings is 3. The zero-order valence-electron chi connectivity index (χ0n) is 26.2. The number of hydrogen-bond donors (Lipinski definition) is 2. The lowest BCUT2D eigenvalue weighted by Gasteiger charge is -2.49. The van der Waals surface area contributed by atoms with Crippen molar-refractivity contribution in [1.82, 2.24) is 4.90 Å². The van der Waals surface area contributed by atoms with Gasteiger partial charge in [-0.3, -0.25) is 28.9 Å². The number of aliphatic carboxylic acids is 1. The van der Waals surface area contributed by atoms with Gasteiger partial charge in [0.1, 0.15) is 11.6 Å². The van der Waals surface area contributed by atoms with E-state index in [0.29, 0.717) is 30.2 Å². The Morgan fingerprint density at radius 3 is 2.50 bits per heavy atom. The molecule has 0 spiro atoms. The van der Waals surface area contributed by atoms with Gasteiger partial charge in [-0.15, -0.1) is 0 Å². The average molecular weight is 673 g/mol. The Bertz CT molecular complexity index is 1940. The van der Waals surface area contributed by atoms with Crippen molar-refractivity contribution in [3.63, 3.8) is 0 Å². The third-order valence-corrected chi connectivity index (χ3v) is 11.3. The summed E-state index contributed by atoms with van der Waals surface area (Å²) in [4.78, 5) is 70.0. The summed E-state index contributed by atoms with van der Waals surface area (Å²) in [7, 11) is 0. The number of allylic oxidation sites excluding steroid dienone is 2. The Kier molecular flexibility index (Phi) is 7.89. The number of phenolic OH excluding ortho intramolecular Hbond substituents is 1. The summed E-state index contributed by atoms with van der Waals surface area (Å²) in [6, 6.07) is 14.5. The van der Waals surface area contributed by atoms with Crippen molar-refractivity contribution >= 4 is 57.7 Å². The number of carbonyl (C=O) groups is 5. The number of amides is 4. The van der Waals surface area contributed by atoms with Crippen LogP contribution in [-0.4, -0.2) is 51.3 Å². The number of likely N-dealkylation sites (tertiary alicyclic amines) is 1. The molecule has 11 heteroatoms. The van der Waals surface area contributed by atoms with Gasteiger partial charge in [-0.05, 0) is 73.6 Å². The van der Waals surface area contributed by atoms with E-state index < -0.39 is 58.6 Å². The van der Waals surface area contributed by atoms with Gasteiger partial charge in [0, 0.05) is 24.4 Å². The van der Waals surface area contributed by atoms with Crippen molar-refractivity contribution in [1.29, 1.82) is 0 Å². The first-order valence-corrected chi connectivity index (χ1v) is 16.6. The van der Waals surface area contributed by atoms with E-state index in [0.717, 1.165) is 21.9 Å². The number of carboxylic acid groups (broad SMARTS) is 1. The summed E-state index contributed by atoms with van der Waals surface area (Å²) >= 11 is 6.09. The molecule has 4 amide bonds. The SMILES string of the molecule is CC12C(=O)N(c3ccc(F)c(Cl)c3)C(=O)C1CC1C(=CCC3C(=O)N(CCCCCC(=O)O)C(=O)C31)C2c1c(O)ccc2ccccc12. The molecule has 2 heterocycles. The predicted octanol–water partition coefficient (Wildman–Crippen LogP) is 6.21. The fourth-order valence-corrected chi connectivity index (χ4v) is 8.96. The van der Waals surface area contributed by atoms with E-state index in [1.165, 1.54) is 17.0 Å². The third kappa shape index (κ3) is 4.75. The number of hydrogen-bond acceptors (Lipinski definition) is 6. The molecule has 3 fully saturated rings. The maximum atomic E-state index is 14.7. The van der Waals surface area contributed by atoms with Crippen LogP contribution < -0.4 is 4.90 Å². The van der Waals surface area contributed by atoms with Gasteiger partial charge < -0.3 is 10.2 Å². The van der Waals surface area contributed by atoms with Gasteiger partial charge in [-0.25, -0.2) is 9.29 Å². The zero-order chi connectivity index (χ0) is 34.1. The van der Waals surface area contributed by atoms with Crippen molar-refractivity contribution in [3.05, 3.63) is 82.6 Å². The standard InChI is InChI=1S/C37H34ClFN2O7/c1-37-25(34(46)41(36(37)48)20-11-14-27(39)26(38)17-20)18-24-22(32(37)31-21-8-5-4-7-19(21)10-15-28(31)42)12-13-23-30(24)35(47)40(33(23)45)16-6-2-3-9-29(43)44/h4-5,7-8,10-12,14-15,17,23-25,30,32,42H,2-3,6,9,13,16,18H2,1H3,(H,43,44). The Morgan fingerprint density at radius 2 is 1.75 bits per heavy atom. The van der Waals surface area contributed by atoms with Gasteiger partial charge in [-0.2, -0.15) is 0 Å². The predicted molar refractivity (Wildman–Crippen MR) is 174 cm³/mol. The highest BCUT2D eigenvalue weighted by atomic mass is 35.5. The van der Waals surface area contributed by atoms with E-state index in [-0.39, 0.29) is 54.1 Å². The zero-order valence-corrected chi connectivity index (χ0v) is 27.0. The van der Waals surface area contributed by atoms with E-state index >= 15 is 0 Å². The molecule has 2 aliphatic heterocycles. The lowest BCUT2D eigenvalue weighted by atomic mass is 9.51. The molecule has 7 rings (SSSR count). The second-order valence-electron chi connectivity index (χ2n) is 13.5. The van der Waals surface area contributed by atoms with Crippen LogP contribution >= 0.6 is 11.6 Å². The molecule has 3 aromatic rings. The molecular formula is C37H34ClFN2O7. The minimum absolute atomic E-state index is 0.0128. The molecule has 0 aromatic heterocycles. The summed E-state index contributed by atoms with van der Waals surface area (Å²) in [6.45, 7) is 1.90. The molecule has 6 atom stereocenters. The van der Waals surface area contributed by atoms with Crippen LogP contribution in [0.1, 0.15) is 56.9 Å². The first-order valence-electron chi connectivity index (χ1n) is 16.3. The van der Waals surface area contributed by atoms with Crippen molar-refractivity contribution < 1.29 is 38.6 Å². The first-order chi connectivity index (χ1) is 22.9. The average Bonchev–Trinajstić information content (AvgIpc) is 3.42. The van der Waals surface area contributed by atoms with Crippen molar-refractivity contribution in [2.75, 3.05) is 11.4 Å². The fourth-order valence-electron chi connectivity index (χ4n) is 8.79. The van der Waals surface area contributed by atoms with Crippen LogP contribution in [0.15, 0.2) is 66.2 Å². The molecule has 9 nitrogen and oxygen atoms in total. The molecule has 48 heavy (non-hydrogen) atoms. The van der Waals surface area contributed by atoms with Crippen LogP contribution in [0.3, 0.4) is 0 Å². The molecule has 2 N–H and O–H groups in total. The molecule has 4 aliphatic rings. The van der Waals surface area contributed by atoms with Crippen LogP contribution in [0.5, 0.6) is 5.75 Å². The number of imide groups is 2. The second-order valence-corrected chi connectivity index (χ2v) is 13.9. The number of halogens is 2. The minimum atomic E-state index is -1.40. The normalized spacial score (nSPS) is 28.1. The van der Waals surface area contributed by atoms with Gasteiger partial charge in [-0.1, -0.05) is 60.0 Å². The summed E-state index contributed by atoms with van der Waals surface area (Å²) < 4.78 is 14.2. The van der Waals surface area contributed by atoms with Gasteiger partial charge >= 0.3 is 5.97 Å². The number of fused-ring (bicyclic) bond motifs is 5. The highest BCUT2D eigenvalue weighted by Gasteiger charge is 2.68.